The molecule has 0 amide bonds. The normalized spacial score (nSPS) is 19.0. The van der Waals surface area contributed by atoms with Crippen molar-refractivity contribution in [2.24, 2.45) is 0 Å². The number of benzene rings is 4. The number of anilines is 4. The van der Waals surface area contributed by atoms with Crippen LogP contribution < -0.4 is 39.4 Å². The summed E-state index contributed by atoms with van der Waals surface area (Å²) in [5.74, 6) is 1.04. The maximum Gasteiger partial charge on any atom is 0.262 e. The van der Waals surface area contributed by atoms with Crippen molar-refractivity contribution in [2.45, 2.75) is 88.5 Å². The number of sulfonamides is 2. The third-order valence-corrected chi connectivity index (χ3v) is 15.5. The molecule has 0 spiro atoms. The summed E-state index contributed by atoms with van der Waals surface area (Å²) in [6, 6.07) is 34.7. The van der Waals surface area contributed by atoms with E-state index >= 15 is 0 Å². The zero-order chi connectivity index (χ0) is 46.3. The van der Waals surface area contributed by atoms with Gasteiger partial charge in [0.1, 0.15) is 11.5 Å². The molecule has 4 N–H and O–H groups in total. The van der Waals surface area contributed by atoms with Crippen molar-refractivity contribution in [2.75, 3.05) is 52.0 Å². The number of nitrogens with one attached hydrogen (secondary N) is 4. The molecule has 4 heterocycles. The molecule has 0 bridgehead atoms. The van der Waals surface area contributed by atoms with Crippen LogP contribution >= 0.6 is 22.7 Å². The monoisotopic (exact) mass is 956 g/mol. The Hall–Kier alpha value is -5.10. The minimum atomic E-state index is -3.78. The van der Waals surface area contributed by atoms with Gasteiger partial charge in [0.2, 0.25) is 0 Å². The second-order valence-corrected chi connectivity index (χ2v) is 22.2. The Bertz CT molecular complexity index is 2680. The average molecular weight is 957 g/mol. The summed E-state index contributed by atoms with van der Waals surface area (Å²) in [6.07, 6.45) is -0.0802. The smallest absolute Gasteiger partial charge is 0.262 e. The highest BCUT2D eigenvalue weighted by molar-refractivity contribution is 7.93. The first-order valence-electron chi connectivity index (χ1n) is 22.0. The highest BCUT2D eigenvalue weighted by atomic mass is 32.2. The van der Waals surface area contributed by atoms with Gasteiger partial charge in [0, 0.05) is 71.5 Å². The Morgan fingerprint density at radius 2 is 1.00 bits per heavy atom. The quantitative estimate of drug-likeness (QED) is 0.0834. The van der Waals surface area contributed by atoms with E-state index in [9.17, 15) is 16.8 Å². The number of hydrogen-bond acceptors (Lipinski definition) is 12. The molecular weight excluding hydrogens is 897 g/mol. The van der Waals surface area contributed by atoms with E-state index in [2.05, 4.69) is 57.6 Å². The lowest BCUT2D eigenvalue weighted by atomic mass is 10.1. The SMILES string of the molecule is CC(C)Oc1ccc(N2C[C@@H](C)N[C@@H](C)C2)cc1NS(=O)(=O)c1ccc(-c2cccs2)cc1.CCOc1ccc(N2C[C@@H](C)N[C@@H](C)C2)cc1NS(=O)(=O)c1ccc(-c2cccs2)cc1. The minimum absolute atomic E-state index is 0.0802. The predicted molar refractivity (Wildman–Crippen MR) is 269 cm³/mol. The lowest BCUT2D eigenvalue weighted by Crippen LogP contribution is -2.54. The fourth-order valence-corrected chi connectivity index (χ4v) is 11.8. The molecule has 0 radical (unpaired) electrons. The molecular formula is C49H60N6O6S4. The number of ether oxygens (including phenoxy) is 2. The van der Waals surface area contributed by atoms with Crippen LogP contribution in [0.2, 0.25) is 0 Å². The van der Waals surface area contributed by atoms with Gasteiger partial charge >= 0.3 is 0 Å². The molecule has 2 fully saturated rings. The molecule has 2 aliphatic heterocycles. The van der Waals surface area contributed by atoms with Crippen LogP contribution in [0, 0.1) is 0 Å². The Kier molecular flexibility index (Phi) is 15.5. The molecule has 16 heteroatoms. The zero-order valence-corrected chi connectivity index (χ0v) is 41.2. The zero-order valence-electron chi connectivity index (χ0n) is 37.9. The summed E-state index contributed by atoms with van der Waals surface area (Å²) in [5.41, 5.74) is 4.83. The van der Waals surface area contributed by atoms with Crippen LogP contribution in [0.25, 0.3) is 20.9 Å². The Morgan fingerprint density at radius 3 is 1.37 bits per heavy atom. The lowest BCUT2D eigenvalue weighted by molar-refractivity contribution is 0.244. The summed E-state index contributed by atoms with van der Waals surface area (Å²) < 4.78 is 70.0. The van der Waals surface area contributed by atoms with Gasteiger partial charge < -0.3 is 29.9 Å². The van der Waals surface area contributed by atoms with Gasteiger partial charge in [0.25, 0.3) is 20.0 Å². The second kappa shape index (κ2) is 21.0. The van der Waals surface area contributed by atoms with E-state index in [0.717, 1.165) is 58.4 Å². The summed E-state index contributed by atoms with van der Waals surface area (Å²) in [7, 11) is -7.55. The Morgan fingerprint density at radius 1 is 0.600 bits per heavy atom. The molecule has 4 atom stereocenters. The van der Waals surface area contributed by atoms with E-state index in [1.807, 2.05) is 116 Å². The van der Waals surface area contributed by atoms with E-state index in [1.54, 1.807) is 46.9 Å². The van der Waals surface area contributed by atoms with Crippen LogP contribution in [0.3, 0.4) is 0 Å². The van der Waals surface area contributed by atoms with Gasteiger partial charge in [-0.15, -0.1) is 22.7 Å². The molecule has 6 aromatic rings. The Labute approximate surface area is 393 Å². The van der Waals surface area contributed by atoms with Crippen molar-refractivity contribution in [1.82, 2.24) is 10.6 Å². The van der Waals surface area contributed by atoms with Gasteiger partial charge in [-0.25, -0.2) is 16.8 Å². The second-order valence-electron chi connectivity index (χ2n) is 16.9. The number of nitrogens with zero attached hydrogens (tertiary/aromatic N) is 2. The molecule has 2 saturated heterocycles. The maximum absolute atomic E-state index is 13.2. The van der Waals surface area contributed by atoms with Gasteiger partial charge in [-0.3, -0.25) is 9.44 Å². The van der Waals surface area contributed by atoms with Gasteiger partial charge in [-0.05, 0) is 143 Å². The largest absolute Gasteiger partial charge is 0.492 e. The highest BCUT2D eigenvalue weighted by Crippen LogP contribution is 2.36. The highest BCUT2D eigenvalue weighted by Gasteiger charge is 2.26. The van der Waals surface area contributed by atoms with E-state index in [1.165, 1.54) is 0 Å². The van der Waals surface area contributed by atoms with Crippen LogP contribution in [0.4, 0.5) is 22.7 Å². The Balaban J connectivity index is 0.000000194. The van der Waals surface area contributed by atoms with E-state index in [4.69, 9.17) is 9.47 Å². The summed E-state index contributed by atoms with van der Waals surface area (Å²) in [4.78, 5) is 7.19. The average Bonchev–Trinajstić information content (AvgIpc) is 4.01. The summed E-state index contributed by atoms with van der Waals surface area (Å²) in [5, 5.41) is 11.1. The van der Waals surface area contributed by atoms with Crippen molar-refractivity contribution in [1.29, 1.82) is 0 Å². The van der Waals surface area contributed by atoms with Gasteiger partial charge in [-0.1, -0.05) is 36.4 Å². The fourth-order valence-electron chi connectivity index (χ4n) is 8.19. The summed E-state index contributed by atoms with van der Waals surface area (Å²) in [6.45, 7) is 18.2. The van der Waals surface area contributed by atoms with Crippen LogP contribution in [-0.4, -0.2) is 79.9 Å². The third kappa shape index (κ3) is 12.4. The van der Waals surface area contributed by atoms with E-state index in [-0.39, 0.29) is 15.9 Å². The summed E-state index contributed by atoms with van der Waals surface area (Å²) >= 11 is 3.25. The van der Waals surface area contributed by atoms with Crippen LogP contribution in [-0.2, 0) is 20.0 Å². The number of piperazine rings is 2. The first kappa shape index (κ1) is 47.9. The molecule has 346 valence electrons. The number of thiophene rings is 2. The first-order chi connectivity index (χ1) is 31.1. The fraction of sp³-hybridized carbons (Fsp3) is 0.347. The number of rotatable bonds is 14. The molecule has 0 unspecified atom stereocenters. The molecule has 4 aromatic carbocycles. The minimum Gasteiger partial charge on any atom is -0.492 e. The molecule has 2 aromatic heterocycles. The first-order valence-corrected chi connectivity index (χ1v) is 26.7. The molecule has 0 saturated carbocycles. The van der Waals surface area contributed by atoms with Crippen molar-refractivity contribution in [3.8, 4) is 32.4 Å². The topological polar surface area (TPSA) is 141 Å². The molecule has 2 aliphatic rings. The van der Waals surface area contributed by atoms with Crippen molar-refractivity contribution < 1.29 is 26.3 Å². The molecule has 8 rings (SSSR count). The lowest BCUT2D eigenvalue weighted by Gasteiger charge is -2.38. The molecule has 65 heavy (non-hydrogen) atoms. The van der Waals surface area contributed by atoms with Crippen LogP contribution in [0.15, 0.2) is 130 Å². The van der Waals surface area contributed by atoms with Gasteiger partial charge in [0.05, 0.1) is 33.9 Å². The van der Waals surface area contributed by atoms with Gasteiger partial charge in [-0.2, -0.15) is 0 Å². The van der Waals surface area contributed by atoms with Crippen molar-refractivity contribution >= 4 is 65.5 Å². The molecule has 0 aliphatic carbocycles. The molecule has 12 nitrogen and oxygen atoms in total. The van der Waals surface area contributed by atoms with Gasteiger partial charge in [0.15, 0.2) is 0 Å². The van der Waals surface area contributed by atoms with Crippen LogP contribution in [0.5, 0.6) is 11.5 Å². The van der Waals surface area contributed by atoms with Crippen LogP contribution in [0.1, 0.15) is 48.5 Å². The maximum atomic E-state index is 13.2. The standard InChI is InChI=1S/C25H31N3O3S2.C24H29N3O3S2/c1-17(2)31-24-12-9-21(28-15-18(3)26-19(4)16-28)14-23(24)27-33(29,30)22-10-7-20(8-11-22)25-6-5-13-32-25;1-4-30-23-12-9-20(27-15-17(2)25-18(3)16-27)14-22(23)26-32(28,29)21-10-7-19(8-11-21)24-6-5-13-31-24/h5-14,17-19,26-27H,15-16H2,1-4H3;5-14,17-18,25-26H,4,15-16H2,1-3H3/t18-,19+;17-,18+. The van der Waals surface area contributed by atoms with Crippen molar-refractivity contribution in [3.05, 3.63) is 120 Å². The third-order valence-electron chi connectivity index (χ3n) is 10.9. The van der Waals surface area contributed by atoms with Crippen molar-refractivity contribution in [3.63, 3.8) is 0 Å². The van der Waals surface area contributed by atoms with E-state index in [0.29, 0.717) is 53.6 Å². The predicted octanol–water partition coefficient (Wildman–Crippen LogP) is 9.99. The number of hydrogen-bond donors (Lipinski definition) is 4. The van der Waals surface area contributed by atoms with E-state index < -0.39 is 20.0 Å².